The molecule has 6 nitrogen and oxygen atoms in total. The molecule has 0 aliphatic carbocycles. The first-order valence-corrected chi connectivity index (χ1v) is 7.19. The van der Waals surface area contributed by atoms with Crippen molar-refractivity contribution in [3.05, 3.63) is 30.1 Å². The molecule has 0 aromatic carbocycles. The quantitative estimate of drug-likeness (QED) is 0.801. The monoisotopic (exact) mass is 290 g/mol. The van der Waals surface area contributed by atoms with Crippen molar-refractivity contribution < 1.29 is 9.59 Å². The van der Waals surface area contributed by atoms with Crippen LogP contribution in [0, 0.1) is 0 Å². The minimum Gasteiger partial charge on any atom is -0.339 e. The van der Waals surface area contributed by atoms with E-state index in [2.05, 4.69) is 4.98 Å². The smallest absolute Gasteiger partial charge is 0.254 e. The van der Waals surface area contributed by atoms with Crippen LogP contribution in [0.2, 0.25) is 0 Å². The molecular formula is C15H22N4O2. The van der Waals surface area contributed by atoms with Crippen LogP contribution in [-0.2, 0) is 4.79 Å². The van der Waals surface area contributed by atoms with E-state index in [9.17, 15) is 9.59 Å². The summed E-state index contributed by atoms with van der Waals surface area (Å²) in [5, 5.41) is 0. The first-order valence-electron chi connectivity index (χ1n) is 7.19. The molecule has 0 unspecified atom stereocenters. The highest BCUT2D eigenvalue weighted by atomic mass is 16.2. The summed E-state index contributed by atoms with van der Waals surface area (Å²) in [6.07, 6.45) is 3.77. The van der Waals surface area contributed by atoms with Gasteiger partial charge in [0.05, 0.1) is 0 Å². The average Bonchev–Trinajstić information content (AvgIpc) is 2.53. The lowest BCUT2D eigenvalue weighted by Gasteiger charge is -2.35. The minimum atomic E-state index is 0.0118. The molecule has 114 valence electrons. The van der Waals surface area contributed by atoms with E-state index in [1.54, 1.807) is 29.4 Å². The molecule has 0 atom stereocenters. The average molecular weight is 290 g/mol. The van der Waals surface area contributed by atoms with E-state index in [1.165, 1.54) is 0 Å². The summed E-state index contributed by atoms with van der Waals surface area (Å²) in [4.78, 5) is 33.9. The van der Waals surface area contributed by atoms with Gasteiger partial charge in [-0.2, -0.15) is 0 Å². The number of carbonyl (C=O) groups is 2. The second-order valence-corrected chi connectivity index (χ2v) is 5.46. The van der Waals surface area contributed by atoms with Crippen LogP contribution in [0.4, 0.5) is 0 Å². The Morgan fingerprint density at radius 3 is 2.24 bits per heavy atom. The molecule has 0 saturated carbocycles. The fourth-order valence-corrected chi connectivity index (χ4v) is 2.31. The number of rotatable bonds is 4. The van der Waals surface area contributed by atoms with Crippen LogP contribution in [-0.4, -0.2) is 78.3 Å². The van der Waals surface area contributed by atoms with E-state index in [-0.39, 0.29) is 11.8 Å². The number of hydrogen-bond acceptors (Lipinski definition) is 4. The second-order valence-electron chi connectivity index (χ2n) is 5.46. The first-order chi connectivity index (χ1) is 10.1. The number of carbonyl (C=O) groups excluding carboxylic acids is 2. The fourth-order valence-electron chi connectivity index (χ4n) is 2.31. The van der Waals surface area contributed by atoms with Gasteiger partial charge in [0.15, 0.2) is 0 Å². The highest BCUT2D eigenvalue weighted by molar-refractivity contribution is 5.94. The molecule has 0 bridgehead atoms. The van der Waals surface area contributed by atoms with Crippen LogP contribution in [0.15, 0.2) is 24.5 Å². The topological polar surface area (TPSA) is 56.8 Å². The Kier molecular flexibility index (Phi) is 5.27. The third-order valence-electron chi connectivity index (χ3n) is 3.62. The summed E-state index contributed by atoms with van der Waals surface area (Å²) in [6.45, 7) is 3.17. The van der Waals surface area contributed by atoms with Crippen molar-refractivity contribution in [2.45, 2.75) is 6.42 Å². The maximum absolute atomic E-state index is 12.3. The van der Waals surface area contributed by atoms with Crippen molar-refractivity contribution in [1.29, 1.82) is 0 Å². The molecule has 0 radical (unpaired) electrons. The lowest BCUT2D eigenvalue weighted by atomic mass is 10.2. The molecule has 21 heavy (non-hydrogen) atoms. The van der Waals surface area contributed by atoms with Gasteiger partial charge < -0.3 is 14.7 Å². The van der Waals surface area contributed by atoms with Gasteiger partial charge in [-0.25, -0.2) is 0 Å². The van der Waals surface area contributed by atoms with Crippen molar-refractivity contribution in [2.75, 3.05) is 46.8 Å². The minimum absolute atomic E-state index is 0.0118. The number of amides is 2. The molecule has 2 rings (SSSR count). The fraction of sp³-hybridized carbons (Fsp3) is 0.533. The van der Waals surface area contributed by atoms with Crippen LogP contribution < -0.4 is 0 Å². The Labute approximate surface area is 125 Å². The maximum atomic E-state index is 12.3. The Hall–Kier alpha value is -1.95. The van der Waals surface area contributed by atoms with Gasteiger partial charge in [-0.1, -0.05) is 0 Å². The predicted octanol–water partition coefficient (Wildman–Crippen LogP) is 0.318. The van der Waals surface area contributed by atoms with E-state index in [1.807, 2.05) is 23.9 Å². The zero-order valence-corrected chi connectivity index (χ0v) is 12.7. The zero-order valence-electron chi connectivity index (χ0n) is 12.7. The van der Waals surface area contributed by atoms with Crippen LogP contribution in [0.5, 0.6) is 0 Å². The van der Waals surface area contributed by atoms with Gasteiger partial charge in [-0.15, -0.1) is 0 Å². The van der Waals surface area contributed by atoms with Gasteiger partial charge in [0.1, 0.15) is 0 Å². The van der Waals surface area contributed by atoms with Gasteiger partial charge in [-0.05, 0) is 26.2 Å². The molecule has 1 aliphatic rings. The zero-order chi connectivity index (χ0) is 15.2. The maximum Gasteiger partial charge on any atom is 0.254 e. The van der Waals surface area contributed by atoms with Gasteiger partial charge in [0.25, 0.3) is 5.91 Å². The highest BCUT2D eigenvalue weighted by Crippen LogP contribution is 2.09. The third-order valence-corrected chi connectivity index (χ3v) is 3.62. The molecule has 2 heterocycles. The molecule has 0 N–H and O–H groups in total. The summed E-state index contributed by atoms with van der Waals surface area (Å²) in [7, 11) is 3.91. The molecule has 2 amide bonds. The van der Waals surface area contributed by atoms with E-state index >= 15 is 0 Å². The van der Waals surface area contributed by atoms with Crippen LogP contribution >= 0.6 is 0 Å². The SMILES string of the molecule is CN(C)CCC(=O)N1CCN(C(=O)c2ccncc2)CC1. The number of nitrogens with zero attached hydrogens (tertiary/aromatic N) is 4. The highest BCUT2D eigenvalue weighted by Gasteiger charge is 2.24. The van der Waals surface area contributed by atoms with E-state index in [0.717, 1.165) is 6.54 Å². The second kappa shape index (κ2) is 7.17. The molecule has 1 aliphatic heterocycles. The summed E-state index contributed by atoms with van der Waals surface area (Å²) >= 11 is 0. The van der Waals surface area contributed by atoms with Gasteiger partial charge in [0.2, 0.25) is 5.91 Å². The number of aromatic nitrogens is 1. The summed E-state index contributed by atoms with van der Waals surface area (Å²) in [6, 6.07) is 3.44. The van der Waals surface area contributed by atoms with Gasteiger partial charge in [0, 0.05) is 57.1 Å². The Morgan fingerprint density at radius 1 is 1.10 bits per heavy atom. The summed E-state index contributed by atoms with van der Waals surface area (Å²) in [5.41, 5.74) is 0.650. The molecule has 1 aromatic heterocycles. The lowest BCUT2D eigenvalue weighted by molar-refractivity contribution is -0.132. The van der Waals surface area contributed by atoms with E-state index in [0.29, 0.717) is 38.2 Å². The third kappa shape index (κ3) is 4.26. The molecule has 1 fully saturated rings. The molecule has 1 saturated heterocycles. The number of pyridine rings is 1. The summed E-state index contributed by atoms with van der Waals surface area (Å²) < 4.78 is 0. The van der Waals surface area contributed by atoms with Crippen LogP contribution in [0.1, 0.15) is 16.8 Å². The van der Waals surface area contributed by atoms with Gasteiger partial charge >= 0.3 is 0 Å². The Bertz CT molecular complexity index is 482. The van der Waals surface area contributed by atoms with Gasteiger partial charge in [-0.3, -0.25) is 14.6 Å². The van der Waals surface area contributed by atoms with Crippen molar-refractivity contribution in [2.24, 2.45) is 0 Å². The molecule has 1 aromatic rings. The largest absolute Gasteiger partial charge is 0.339 e. The van der Waals surface area contributed by atoms with E-state index < -0.39 is 0 Å². The standard InChI is InChI=1S/C15H22N4O2/c1-17(2)8-5-14(20)18-9-11-19(12-10-18)15(21)13-3-6-16-7-4-13/h3-4,6-7H,5,8-12H2,1-2H3. The van der Waals surface area contributed by atoms with Crippen LogP contribution in [0.25, 0.3) is 0 Å². The Morgan fingerprint density at radius 2 is 1.67 bits per heavy atom. The lowest BCUT2D eigenvalue weighted by Crippen LogP contribution is -2.50. The first kappa shape index (κ1) is 15.4. The van der Waals surface area contributed by atoms with Crippen molar-refractivity contribution in [1.82, 2.24) is 19.7 Å². The van der Waals surface area contributed by atoms with Crippen molar-refractivity contribution in [3.8, 4) is 0 Å². The van der Waals surface area contributed by atoms with Crippen molar-refractivity contribution in [3.63, 3.8) is 0 Å². The van der Waals surface area contributed by atoms with Crippen LogP contribution in [0.3, 0.4) is 0 Å². The van der Waals surface area contributed by atoms with E-state index in [4.69, 9.17) is 0 Å². The molecule has 0 spiro atoms. The summed E-state index contributed by atoms with van der Waals surface area (Å²) in [5.74, 6) is 0.178. The molecule has 6 heteroatoms. The number of piperazine rings is 1. The number of hydrogen-bond donors (Lipinski definition) is 0. The molecular weight excluding hydrogens is 268 g/mol. The van der Waals surface area contributed by atoms with Crippen molar-refractivity contribution >= 4 is 11.8 Å². The Balaban J connectivity index is 1.83. The predicted molar refractivity (Wildman–Crippen MR) is 79.9 cm³/mol. The normalized spacial score (nSPS) is 15.4.